The molecule has 1 fully saturated rings. The maximum Gasteiger partial charge on any atom is 0.416 e. The summed E-state index contributed by atoms with van der Waals surface area (Å²) >= 11 is 12.6. The van der Waals surface area contributed by atoms with Crippen LogP contribution in [0.15, 0.2) is 78.9 Å². The third-order valence-electron chi connectivity index (χ3n) is 6.24. The normalized spacial score (nSPS) is 14.2. The summed E-state index contributed by atoms with van der Waals surface area (Å²) in [4.78, 5) is 17.2. The summed E-state index contributed by atoms with van der Waals surface area (Å²) in [6.45, 7) is 1.49. The van der Waals surface area contributed by atoms with Crippen LogP contribution in [-0.2, 0) is 6.18 Å². The lowest BCUT2D eigenvalue weighted by atomic mass is 10.1. The summed E-state index contributed by atoms with van der Waals surface area (Å²) in [5.74, 6) is -0.241. The quantitative estimate of drug-likeness (QED) is 0.283. The average Bonchev–Trinajstić information content (AvgIpc) is 3.33. The van der Waals surface area contributed by atoms with E-state index in [9.17, 15) is 18.0 Å². The number of hydrogen-bond acceptors (Lipinski definition) is 3. The molecule has 5 rings (SSSR count). The summed E-state index contributed by atoms with van der Waals surface area (Å²) in [6, 6.07) is 21.2. The second kappa shape index (κ2) is 10.1. The van der Waals surface area contributed by atoms with Gasteiger partial charge in [0.25, 0.3) is 5.91 Å². The Morgan fingerprint density at radius 3 is 2.22 bits per heavy atom. The van der Waals surface area contributed by atoms with Gasteiger partial charge in [-0.15, -0.1) is 0 Å². The number of nitrogens with zero attached hydrogens (tertiary/aromatic N) is 4. The molecular weight excluding hydrogens is 524 g/mol. The van der Waals surface area contributed by atoms with Gasteiger partial charge in [-0.3, -0.25) is 4.79 Å². The van der Waals surface area contributed by atoms with Crippen molar-refractivity contribution in [3.63, 3.8) is 0 Å². The molecule has 0 atom stereocenters. The Hall–Kier alpha value is -3.49. The second-order valence-electron chi connectivity index (χ2n) is 8.61. The van der Waals surface area contributed by atoms with Gasteiger partial charge in [0.2, 0.25) is 0 Å². The van der Waals surface area contributed by atoms with Gasteiger partial charge in [0.15, 0.2) is 0 Å². The van der Waals surface area contributed by atoms with Crippen LogP contribution in [0.3, 0.4) is 0 Å². The molecule has 190 valence electrons. The Balaban J connectivity index is 1.42. The summed E-state index contributed by atoms with van der Waals surface area (Å²) in [6.07, 6.45) is -4.41. The van der Waals surface area contributed by atoms with Crippen molar-refractivity contribution in [2.45, 2.75) is 6.18 Å². The third-order valence-corrected chi connectivity index (χ3v) is 6.80. The first-order valence-corrected chi connectivity index (χ1v) is 12.3. The van der Waals surface area contributed by atoms with Crippen molar-refractivity contribution >= 4 is 34.8 Å². The first-order chi connectivity index (χ1) is 17.7. The number of halogens is 5. The summed E-state index contributed by atoms with van der Waals surface area (Å²) < 4.78 is 41.0. The van der Waals surface area contributed by atoms with Crippen LogP contribution in [0.4, 0.5) is 18.9 Å². The van der Waals surface area contributed by atoms with E-state index in [-0.39, 0.29) is 5.91 Å². The van der Waals surface area contributed by atoms with Crippen LogP contribution in [0, 0.1) is 0 Å². The molecule has 5 nitrogen and oxygen atoms in total. The minimum Gasteiger partial charge on any atom is -0.368 e. The van der Waals surface area contributed by atoms with E-state index in [4.69, 9.17) is 23.2 Å². The van der Waals surface area contributed by atoms with E-state index in [1.54, 1.807) is 52.0 Å². The van der Waals surface area contributed by atoms with Gasteiger partial charge < -0.3 is 9.80 Å². The Kier molecular flexibility index (Phi) is 6.88. The topological polar surface area (TPSA) is 41.4 Å². The van der Waals surface area contributed by atoms with E-state index < -0.39 is 11.7 Å². The summed E-state index contributed by atoms with van der Waals surface area (Å²) in [5.41, 5.74) is 1.97. The van der Waals surface area contributed by atoms with Crippen LogP contribution in [0.1, 0.15) is 16.1 Å². The lowest BCUT2D eigenvalue weighted by Crippen LogP contribution is -2.49. The highest BCUT2D eigenvalue weighted by Gasteiger charge is 2.32. The number of alkyl halides is 3. The fourth-order valence-electron chi connectivity index (χ4n) is 4.35. The fourth-order valence-corrected chi connectivity index (χ4v) is 4.76. The van der Waals surface area contributed by atoms with Crippen LogP contribution in [-0.4, -0.2) is 46.8 Å². The molecule has 1 saturated heterocycles. The highest BCUT2D eigenvalue weighted by atomic mass is 35.5. The molecule has 0 bridgehead atoms. The molecule has 37 heavy (non-hydrogen) atoms. The standard InChI is InChI=1S/C27H21Cl2F3N4O/c28-19-6-4-8-21(16-19)36-25(17-24(33-36)22-9-1-2-10-23(22)29)26(37)35-13-11-34(12-14-35)20-7-3-5-18(15-20)27(30,31)32/h1-10,15-17H,11-14H2. The van der Waals surface area contributed by atoms with Crippen molar-refractivity contribution in [2.75, 3.05) is 31.1 Å². The van der Waals surface area contributed by atoms with E-state index in [2.05, 4.69) is 5.10 Å². The van der Waals surface area contributed by atoms with Crippen LogP contribution in [0.5, 0.6) is 0 Å². The number of carbonyl (C=O) groups excluding carboxylic acids is 1. The Morgan fingerprint density at radius 2 is 1.51 bits per heavy atom. The van der Waals surface area contributed by atoms with E-state index >= 15 is 0 Å². The fraction of sp³-hybridized carbons (Fsp3) is 0.185. The van der Waals surface area contributed by atoms with Gasteiger partial charge in [-0.05, 0) is 48.5 Å². The van der Waals surface area contributed by atoms with Crippen LogP contribution in [0.25, 0.3) is 16.9 Å². The minimum absolute atomic E-state index is 0.241. The first-order valence-electron chi connectivity index (χ1n) is 11.5. The molecule has 0 radical (unpaired) electrons. The molecule has 10 heteroatoms. The smallest absolute Gasteiger partial charge is 0.368 e. The maximum atomic E-state index is 13.7. The highest BCUT2D eigenvalue weighted by Crippen LogP contribution is 2.32. The Labute approximate surface area is 221 Å². The minimum atomic E-state index is -4.41. The highest BCUT2D eigenvalue weighted by molar-refractivity contribution is 6.33. The molecule has 1 aromatic heterocycles. The molecule has 0 aliphatic carbocycles. The van der Waals surface area contributed by atoms with Gasteiger partial charge in [-0.2, -0.15) is 18.3 Å². The zero-order chi connectivity index (χ0) is 26.2. The number of piperazine rings is 1. The largest absolute Gasteiger partial charge is 0.416 e. The van der Waals surface area contributed by atoms with E-state index in [0.717, 1.165) is 12.1 Å². The molecule has 4 aromatic rings. The Morgan fingerprint density at radius 1 is 0.811 bits per heavy atom. The van der Waals surface area contributed by atoms with Gasteiger partial charge in [0.1, 0.15) is 5.69 Å². The lowest BCUT2D eigenvalue weighted by Gasteiger charge is -2.36. The first kappa shape index (κ1) is 25.2. The molecule has 0 unspecified atom stereocenters. The number of amides is 1. The zero-order valence-electron chi connectivity index (χ0n) is 19.4. The number of anilines is 1. The SMILES string of the molecule is O=C(c1cc(-c2ccccc2Cl)nn1-c1cccc(Cl)c1)N1CCN(c2cccc(C(F)(F)F)c2)CC1. The van der Waals surface area contributed by atoms with Crippen molar-refractivity contribution in [3.8, 4) is 16.9 Å². The molecular formula is C27H21Cl2F3N4O. The molecule has 1 aliphatic rings. The van der Waals surface area contributed by atoms with Crippen molar-refractivity contribution in [1.82, 2.24) is 14.7 Å². The van der Waals surface area contributed by atoms with Crippen LogP contribution >= 0.6 is 23.2 Å². The second-order valence-corrected chi connectivity index (χ2v) is 9.46. The predicted octanol–water partition coefficient (Wildman–Crippen LogP) is 6.83. The molecule has 0 N–H and O–H groups in total. The number of aromatic nitrogens is 2. The van der Waals surface area contributed by atoms with Gasteiger partial charge in [-0.1, -0.05) is 53.5 Å². The maximum absolute atomic E-state index is 13.7. The molecule has 1 amide bonds. The lowest BCUT2D eigenvalue weighted by molar-refractivity contribution is -0.137. The predicted molar refractivity (Wildman–Crippen MR) is 139 cm³/mol. The van der Waals surface area contributed by atoms with Gasteiger partial charge in [0, 0.05) is 42.5 Å². The average molecular weight is 545 g/mol. The molecule has 0 spiro atoms. The molecule has 3 aromatic carbocycles. The van der Waals surface area contributed by atoms with E-state index in [1.165, 1.54) is 6.07 Å². The van der Waals surface area contributed by atoms with Crippen LogP contribution in [0.2, 0.25) is 10.0 Å². The van der Waals surface area contributed by atoms with Crippen molar-refractivity contribution < 1.29 is 18.0 Å². The van der Waals surface area contributed by atoms with Crippen molar-refractivity contribution in [3.05, 3.63) is 100 Å². The summed E-state index contributed by atoms with van der Waals surface area (Å²) in [5, 5.41) is 5.68. The van der Waals surface area contributed by atoms with Gasteiger partial charge >= 0.3 is 6.18 Å². The van der Waals surface area contributed by atoms with E-state index in [1.807, 2.05) is 23.1 Å². The van der Waals surface area contributed by atoms with Crippen molar-refractivity contribution in [2.24, 2.45) is 0 Å². The molecule has 0 saturated carbocycles. The molecule has 2 heterocycles. The van der Waals surface area contributed by atoms with Crippen LogP contribution < -0.4 is 4.90 Å². The van der Waals surface area contributed by atoms with Crippen molar-refractivity contribution in [1.29, 1.82) is 0 Å². The number of rotatable bonds is 4. The number of benzene rings is 3. The number of hydrogen-bond donors (Lipinski definition) is 0. The molecule has 1 aliphatic heterocycles. The third kappa shape index (κ3) is 5.31. The summed E-state index contributed by atoms with van der Waals surface area (Å²) in [7, 11) is 0. The van der Waals surface area contributed by atoms with E-state index in [0.29, 0.717) is 64.6 Å². The number of carbonyl (C=O) groups is 1. The van der Waals surface area contributed by atoms with Gasteiger partial charge in [-0.25, -0.2) is 4.68 Å². The Bertz CT molecular complexity index is 1450. The van der Waals surface area contributed by atoms with Gasteiger partial charge in [0.05, 0.1) is 22.0 Å². The zero-order valence-corrected chi connectivity index (χ0v) is 20.9. The monoisotopic (exact) mass is 544 g/mol.